The first kappa shape index (κ1) is 17.8. The van der Waals surface area contributed by atoms with Gasteiger partial charge in [-0.05, 0) is 48.9 Å². The highest BCUT2D eigenvalue weighted by atomic mass is 35.5. The van der Waals surface area contributed by atoms with Crippen molar-refractivity contribution in [3.63, 3.8) is 0 Å². The minimum atomic E-state index is -0.306. The molecule has 2 aromatic carbocycles. The number of carbonyl (C=O) groups is 1. The molecule has 26 heavy (non-hydrogen) atoms. The van der Waals surface area contributed by atoms with Gasteiger partial charge in [0.15, 0.2) is 0 Å². The molecule has 0 aliphatic carbocycles. The first-order chi connectivity index (χ1) is 12.5. The van der Waals surface area contributed by atoms with Crippen molar-refractivity contribution >= 4 is 34.6 Å². The van der Waals surface area contributed by atoms with Crippen LogP contribution in [0.5, 0.6) is 5.75 Å². The van der Waals surface area contributed by atoms with Gasteiger partial charge in [-0.1, -0.05) is 23.7 Å². The Morgan fingerprint density at radius 3 is 2.62 bits per heavy atom. The van der Waals surface area contributed by atoms with Crippen molar-refractivity contribution in [3.8, 4) is 5.75 Å². The van der Waals surface area contributed by atoms with Gasteiger partial charge in [-0.25, -0.2) is 0 Å². The molecule has 1 heterocycles. The van der Waals surface area contributed by atoms with E-state index < -0.39 is 0 Å². The van der Waals surface area contributed by atoms with Gasteiger partial charge >= 0.3 is 0 Å². The minimum Gasteiger partial charge on any atom is -0.497 e. The Bertz CT molecular complexity index is 944. The number of nitrogens with zero attached hydrogens (tertiary/aromatic N) is 1. The van der Waals surface area contributed by atoms with Gasteiger partial charge in [0.2, 0.25) is 0 Å². The van der Waals surface area contributed by atoms with Gasteiger partial charge in [-0.15, -0.1) is 0 Å². The largest absolute Gasteiger partial charge is 0.497 e. The fourth-order valence-electron chi connectivity index (χ4n) is 2.37. The summed E-state index contributed by atoms with van der Waals surface area (Å²) in [6.07, 6.45) is 1.58. The molecule has 0 saturated heterocycles. The maximum Gasteiger partial charge on any atom is 0.274 e. The van der Waals surface area contributed by atoms with E-state index in [-0.39, 0.29) is 5.91 Å². The lowest BCUT2D eigenvalue weighted by molar-refractivity contribution is 0.102. The molecule has 0 saturated carbocycles. The van der Waals surface area contributed by atoms with E-state index in [0.717, 1.165) is 22.7 Å². The molecule has 0 aliphatic heterocycles. The number of carbonyl (C=O) groups excluding carboxylic acids is 1. The van der Waals surface area contributed by atoms with Crippen LogP contribution in [-0.2, 0) is 0 Å². The van der Waals surface area contributed by atoms with Crippen LogP contribution in [0.3, 0.4) is 0 Å². The first-order valence-electron chi connectivity index (χ1n) is 8.00. The summed E-state index contributed by atoms with van der Waals surface area (Å²) in [5, 5.41) is 6.64. The minimum absolute atomic E-state index is 0.301. The van der Waals surface area contributed by atoms with Crippen molar-refractivity contribution in [1.29, 1.82) is 0 Å². The van der Waals surface area contributed by atoms with E-state index in [1.54, 1.807) is 37.6 Å². The number of amides is 1. The summed E-state index contributed by atoms with van der Waals surface area (Å²) in [6.45, 7) is 1.91. The first-order valence-corrected chi connectivity index (χ1v) is 8.37. The SMILES string of the molecule is COc1cccc(Nc2ccnc(C(=O)Nc3ccc(C)c(Cl)c3)c2)c1. The summed E-state index contributed by atoms with van der Waals surface area (Å²) in [6, 6.07) is 16.4. The summed E-state index contributed by atoms with van der Waals surface area (Å²) in [4.78, 5) is 16.6. The van der Waals surface area contributed by atoms with Gasteiger partial charge < -0.3 is 15.4 Å². The van der Waals surface area contributed by atoms with Gasteiger partial charge in [0.05, 0.1) is 7.11 Å². The number of halogens is 1. The quantitative estimate of drug-likeness (QED) is 0.662. The highest BCUT2D eigenvalue weighted by molar-refractivity contribution is 6.31. The summed E-state index contributed by atoms with van der Waals surface area (Å²) in [5.74, 6) is 0.442. The summed E-state index contributed by atoms with van der Waals surface area (Å²) < 4.78 is 5.21. The van der Waals surface area contributed by atoms with Gasteiger partial charge in [0.1, 0.15) is 11.4 Å². The Balaban J connectivity index is 1.75. The van der Waals surface area contributed by atoms with E-state index >= 15 is 0 Å². The molecule has 0 spiro atoms. The average Bonchev–Trinajstić information content (AvgIpc) is 2.65. The van der Waals surface area contributed by atoms with Gasteiger partial charge in [-0.3, -0.25) is 9.78 Å². The van der Waals surface area contributed by atoms with Crippen LogP contribution in [-0.4, -0.2) is 18.0 Å². The van der Waals surface area contributed by atoms with Crippen molar-refractivity contribution < 1.29 is 9.53 Å². The second kappa shape index (κ2) is 7.89. The third-order valence-electron chi connectivity index (χ3n) is 3.78. The van der Waals surface area contributed by atoms with E-state index in [4.69, 9.17) is 16.3 Å². The lowest BCUT2D eigenvalue weighted by Gasteiger charge is -2.10. The molecule has 132 valence electrons. The highest BCUT2D eigenvalue weighted by Gasteiger charge is 2.10. The number of methoxy groups -OCH3 is 1. The van der Waals surface area contributed by atoms with Crippen LogP contribution in [0.4, 0.5) is 17.1 Å². The highest BCUT2D eigenvalue weighted by Crippen LogP contribution is 2.23. The molecule has 2 N–H and O–H groups in total. The van der Waals surface area contributed by atoms with Crippen LogP contribution in [0, 0.1) is 6.92 Å². The normalized spacial score (nSPS) is 10.3. The van der Waals surface area contributed by atoms with E-state index in [2.05, 4.69) is 15.6 Å². The van der Waals surface area contributed by atoms with E-state index in [1.807, 2.05) is 37.3 Å². The molecule has 3 aromatic rings. The number of ether oxygens (including phenoxy) is 1. The van der Waals surface area contributed by atoms with Crippen LogP contribution < -0.4 is 15.4 Å². The Labute approximate surface area is 157 Å². The van der Waals surface area contributed by atoms with Crippen LogP contribution in [0.1, 0.15) is 16.1 Å². The number of aromatic nitrogens is 1. The van der Waals surface area contributed by atoms with E-state index in [1.165, 1.54) is 0 Å². The smallest absolute Gasteiger partial charge is 0.274 e. The molecule has 1 amide bonds. The average molecular weight is 368 g/mol. The van der Waals surface area contributed by atoms with Crippen LogP contribution in [0.15, 0.2) is 60.8 Å². The maximum atomic E-state index is 12.5. The fourth-order valence-corrected chi connectivity index (χ4v) is 2.55. The van der Waals surface area contributed by atoms with Crippen LogP contribution >= 0.6 is 11.6 Å². The van der Waals surface area contributed by atoms with Crippen LogP contribution in [0.2, 0.25) is 5.02 Å². The zero-order chi connectivity index (χ0) is 18.5. The standard InChI is InChI=1S/C20H18ClN3O2/c1-13-6-7-15(11-18(13)21)24-20(25)19-12-16(8-9-22-19)23-14-4-3-5-17(10-14)26-2/h3-12H,1-2H3,(H,22,23)(H,24,25). The summed E-state index contributed by atoms with van der Waals surface area (Å²) in [5.41, 5.74) is 3.48. The number of anilines is 3. The number of hydrogen-bond acceptors (Lipinski definition) is 4. The van der Waals surface area contributed by atoms with Crippen molar-refractivity contribution in [2.45, 2.75) is 6.92 Å². The Morgan fingerprint density at radius 2 is 1.85 bits per heavy atom. The lowest BCUT2D eigenvalue weighted by Crippen LogP contribution is -2.13. The van der Waals surface area contributed by atoms with E-state index in [9.17, 15) is 4.79 Å². The fraction of sp³-hybridized carbons (Fsp3) is 0.100. The second-order valence-electron chi connectivity index (χ2n) is 5.70. The van der Waals surface area contributed by atoms with Crippen molar-refractivity contribution in [3.05, 3.63) is 77.1 Å². The zero-order valence-corrected chi connectivity index (χ0v) is 15.2. The van der Waals surface area contributed by atoms with Crippen molar-refractivity contribution in [1.82, 2.24) is 4.98 Å². The molecule has 5 nitrogen and oxygen atoms in total. The molecule has 0 unspecified atom stereocenters. The molecular weight excluding hydrogens is 350 g/mol. The molecule has 6 heteroatoms. The summed E-state index contributed by atoms with van der Waals surface area (Å²) in [7, 11) is 1.62. The molecule has 3 rings (SSSR count). The molecule has 0 radical (unpaired) electrons. The number of aryl methyl sites for hydroxylation is 1. The third kappa shape index (κ3) is 4.32. The van der Waals surface area contributed by atoms with Crippen LogP contribution in [0.25, 0.3) is 0 Å². The Kier molecular flexibility index (Phi) is 5.39. The number of pyridine rings is 1. The molecule has 0 atom stereocenters. The lowest BCUT2D eigenvalue weighted by atomic mass is 10.2. The molecule has 0 bridgehead atoms. The zero-order valence-electron chi connectivity index (χ0n) is 14.4. The molecule has 0 aliphatic rings. The Morgan fingerprint density at radius 1 is 1.04 bits per heavy atom. The number of nitrogens with one attached hydrogen (secondary N) is 2. The second-order valence-corrected chi connectivity index (χ2v) is 6.11. The van der Waals surface area contributed by atoms with Crippen molar-refractivity contribution in [2.24, 2.45) is 0 Å². The predicted molar refractivity (Wildman–Crippen MR) is 105 cm³/mol. The van der Waals surface area contributed by atoms with Gasteiger partial charge in [-0.2, -0.15) is 0 Å². The number of benzene rings is 2. The topological polar surface area (TPSA) is 63.2 Å². The number of hydrogen-bond donors (Lipinski definition) is 2. The van der Waals surface area contributed by atoms with Gasteiger partial charge in [0.25, 0.3) is 5.91 Å². The van der Waals surface area contributed by atoms with Gasteiger partial charge in [0, 0.05) is 34.3 Å². The number of rotatable bonds is 5. The molecule has 1 aromatic heterocycles. The molecular formula is C20H18ClN3O2. The van der Waals surface area contributed by atoms with E-state index in [0.29, 0.717) is 16.4 Å². The monoisotopic (exact) mass is 367 g/mol. The maximum absolute atomic E-state index is 12.5. The predicted octanol–water partition coefficient (Wildman–Crippen LogP) is 5.05. The van der Waals surface area contributed by atoms with Crippen molar-refractivity contribution in [2.75, 3.05) is 17.7 Å². The molecule has 0 fully saturated rings. The summed E-state index contributed by atoms with van der Waals surface area (Å²) >= 11 is 6.10. The Hall–Kier alpha value is -3.05. The third-order valence-corrected chi connectivity index (χ3v) is 4.19.